The highest BCUT2D eigenvalue weighted by Crippen LogP contribution is 2.38. The van der Waals surface area contributed by atoms with Crippen LogP contribution in [0.5, 0.6) is 0 Å². The van der Waals surface area contributed by atoms with Gasteiger partial charge in [0, 0.05) is 0 Å². The first-order chi connectivity index (χ1) is 10.1. The van der Waals surface area contributed by atoms with Gasteiger partial charge in [-0.25, -0.2) is 4.79 Å². The minimum Gasteiger partial charge on any atom is -0.457 e. The summed E-state index contributed by atoms with van der Waals surface area (Å²) in [6.45, 7) is 1.85. The number of aliphatic hydroxyl groups is 1. The van der Waals surface area contributed by atoms with Gasteiger partial charge in [-0.15, -0.1) is 0 Å². The number of ether oxygens (including phenoxy) is 1. The molecule has 0 atom stereocenters. The Kier molecular flexibility index (Phi) is 4.89. The molecule has 0 radical (unpaired) electrons. The maximum atomic E-state index is 11.8. The second kappa shape index (κ2) is 6.66. The van der Waals surface area contributed by atoms with Crippen LogP contribution in [0.15, 0.2) is 30.3 Å². The van der Waals surface area contributed by atoms with Gasteiger partial charge in [0.2, 0.25) is 0 Å². The second-order valence-electron chi connectivity index (χ2n) is 5.39. The van der Waals surface area contributed by atoms with E-state index in [1.165, 1.54) is 5.56 Å². The summed E-state index contributed by atoms with van der Waals surface area (Å²) in [7, 11) is 0. The lowest BCUT2D eigenvalue weighted by Crippen LogP contribution is -2.47. The van der Waals surface area contributed by atoms with Gasteiger partial charge in [-0.3, -0.25) is 0 Å². The Hall–Kier alpha value is -1.97. The Labute approximate surface area is 124 Å². The van der Waals surface area contributed by atoms with Crippen molar-refractivity contribution in [2.45, 2.75) is 44.1 Å². The Bertz CT molecular complexity index is 542. The molecule has 0 bridgehead atoms. The first kappa shape index (κ1) is 15.4. The van der Waals surface area contributed by atoms with Gasteiger partial charge >= 0.3 is 11.7 Å². The summed E-state index contributed by atoms with van der Waals surface area (Å²) < 4.78 is 4.84. The van der Waals surface area contributed by atoms with Crippen LogP contribution in [-0.4, -0.2) is 33.8 Å². The highest BCUT2D eigenvalue weighted by atomic mass is 16.5. The first-order valence-electron chi connectivity index (χ1n) is 7.27. The van der Waals surface area contributed by atoms with Gasteiger partial charge in [0.1, 0.15) is 0 Å². The van der Waals surface area contributed by atoms with E-state index in [0.29, 0.717) is 18.8 Å². The molecule has 1 aliphatic rings. The molecule has 1 saturated carbocycles. The van der Waals surface area contributed by atoms with Gasteiger partial charge < -0.3 is 15.4 Å². The molecule has 0 spiro atoms. The normalized spacial score (nSPS) is 25.0. The van der Waals surface area contributed by atoms with Gasteiger partial charge in [0.25, 0.3) is 0 Å². The lowest BCUT2D eigenvalue weighted by molar-refractivity contribution is -0.144. The zero-order valence-corrected chi connectivity index (χ0v) is 12.2. The van der Waals surface area contributed by atoms with Gasteiger partial charge in [-0.05, 0) is 44.1 Å². The largest absolute Gasteiger partial charge is 0.457 e. The number of hydrogen-bond acceptors (Lipinski definition) is 3. The Morgan fingerprint density at radius 2 is 2.00 bits per heavy atom. The number of hydrogen-bond donors (Lipinski definition) is 1. The summed E-state index contributed by atoms with van der Waals surface area (Å²) in [5.74, 6) is -0.394. The average molecular weight is 288 g/mol. The van der Waals surface area contributed by atoms with Crippen LogP contribution < -0.4 is 0 Å². The third-order valence-corrected chi connectivity index (χ3v) is 4.09. The highest BCUT2D eigenvalue weighted by molar-refractivity contribution is 6.37. The predicted octanol–water partition coefficient (Wildman–Crippen LogP) is 2.31. The molecule has 1 aliphatic carbocycles. The fourth-order valence-corrected chi connectivity index (χ4v) is 2.91. The summed E-state index contributed by atoms with van der Waals surface area (Å²) in [5, 5.41) is 10.6. The molecule has 0 heterocycles. The SMILES string of the molecule is CCOC(=O)C(=[N+]=[N-])C1(O)CCC(c2ccccc2)CC1. The number of nitrogens with zero attached hydrogens (tertiary/aromatic N) is 2. The zero-order chi connectivity index (χ0) is 15.3. The van der Waals surface area contributed by atoms with Crippen molar-refractivity contribution in [2.24, 2.45) is 0 Å². The number of esters is 1. The lowest BCUT2D eigenvalue weighted by atomic mass is 9.74. The van der Waals surface area contributed by atoms with Gasteiger partial charge in [-0.1, -0.05) is 30.3 Å². The molecular weight excluding hydrogens is 268 g/mol. The molecule has 0 aromatic heterocycles. The fraction of sp³-hybridized carbons (Fsp3) is 0.500. The predicted molar refractivity (Wildman–Crippen MR) is 77.9 cm³/mol. The molecule has 21 heavy (non-hydrogen) atoms. The van der Waals surface area contributed by atoms with Crippen molar-refractivity contribution in [3.05, 3.63) is 41.4 Å². The van der Waals surface area contributed by atoms with Crippen molar-refractivity contribution in [2.75, 3.05) is 6.61 Å². The molecule has 0 unspecified atom stereocenters. The lowest BCUT2D eigenvalue weighted by Gasteiger charge is -2.32. The highest BCUT2D eigenvalue weighted by Gasteiger charge is 2.48. The summed E-state index contributed by atoms with van der Waals surface area (Å²) >= 11 is 0. The van der Waals surface area contributed by atoms with E-state index in [1.807, 2.05) is 18.2 Å². The van der Waals surface area contributed by atoms with E-state index in [0.717, 1.165) is 12.8 Å². The molecule has 1 N–H and O–H groups in total. The molecule has 5 heteroatoms. The third kappa shape index (κ3) is 3.38. The van der Waals surface area contributed by atoms with Gasteiger partial charge in [0.05, 0.1) is 6.61 Å². The zero-order valence-electron chi connectivity index (χ0n) is 12.2. The van der Waals surface area contributed by atoms with E-state index in [4.69, 9.17) is 10.3 Å². The van der Waals surface area contributed by atoms with Crippen molar-refractivity contribution in [3.63, 3.8) is 0 Å². The molecule has 1 aromatic carbocycles. The van der Waals surface area contributed by atoms with Crippen LogP contribution in [0, 0.1) is 0 Å². The number of carbonyl (C=O) groups is 1. The van der Waals surface area contributed by atoms with Crippen molar-refractivity contribution in [1.29, 1.82) is 0 Å². The van der Waals surface area contributed by atoms with Crippen molar-refractivity contribution >= 4 is 11.7 Å². The van der Waals surface area contributed by atoms with Crippen LogP contribution in [0.4, 0.5) is 0 Å². The average Bonchev–Trinajstić information content (AvgIpc) is 2.49. The molecular formula is C16H20N2O3. The maximum Gasteiger partial charge on any atom is 0.420 e. The molecule has 5 nitrogen and oxygen atoms in total. The second-order valence-corrected chi connectivity index (χ2v) is 5.39. The summed E-state index contributed by atoms with van der Waals surface area (Å²) in [4.78, 5) is 14.7. The summed E-state index contributed by atoms with van der Waals surface area (Å²) in [5.41, 5.74) is 8.61. The molecule has 0 aliphatic heterocycles. The van der Waals surface area contributed by atoms with Crippen molar-refractivity contribution < 1.29 is 19.4 Å². The van der Waals surface area contributed by atoms with Crippen molar-refractivity contribution in [1.82, 2.24) is 0 Å². The van der Waals surface area contributed by atoms with Gasteiger partial charge in [-0.2, -0.15) is 4.79 Å². The Morgan fingerprint density at radius 3 is 2.52 bits per heavy atom. The van der Waals surface area contributed by atoms with Crippen LogP contribution in [-0.2, 0) is 9.53 Å². The maximum absolute atomic E-state index is 11.8. The van der Waals surface area contributed by atoms with Crippen LogP contribution in [0.1, 0.15) is 44.1 Å². The third-order valence-electron chi connectivity index (χ3n) is 4.09. The summed E-state index contributed by atoms with van der Waals surface area (Å²) in [6, 6.07) is 10.1. The van der Waals surface area contributed by atoms with Gasteiger partial charge in [0.15, 0.2) is 5.60 Å². The number of rotatable bonds is 4. The van der Waals surface area contributed by atoms with Crippen LogP contribution in [0.25, 0.3) is 5.53 Å². The fourth-order valence-electron chi connectivity index (χ4n) is 2.91. The van der Waals surface area contributed by atoms with Crippen LogP contribution in [0.2, 0.25) is 0 Å². The van der Waals surface area contributed by atoms with Crippen LogP contribution in [0.3, 0.4) is 0 Å². The number of carbonyl (C=O) groups excluding carboxylic acids is 1. The molecule has 1 aromatic rings. The Morgan fingerprint density at radius 1 is 1.38 bits per heavy atom. The molecule has 1 fully saturated rings. The molecule has 0 amide bonds. The molecule has 0 saturated heterocycles. The van der Waals surface area contributed by atoms with Crippen molar-refractivity contribution in [3.8, 4) is 0 Å². The minimum absolute atomic E-state index is 0.181. The molecule has 112 valence electrons. The number of benzene rings is 1. The quantitative estimate of drug-likeness (QED) is 0.399. The van der Waals surface area contributed by atoms with E-state index < -0.39 is 11.6 Å². The smallest absolute Gasteiger partial charge is 0.420 e. The monoisotopic (exact) mass is 288 g/mol. The van der Waals surface area contributed by atoms with E-state index in [9.17, 15) is 9.90 Å². The molecule has 2 rings (SSSR count). The first-order valence-corrected chi connectivity index (χ1v) is 7.27. The Balaban J connectivity index is 2.08. The van der Waals surface area contributed by atoms with E-state index >= 15 is 0 Å². The standard InChI is InChI=1S/C16H20N2O3/c1-2-21-15(19)14(18-17)16(20)10-8-13(9-11-16)12-6-4-3-5-7-12/h3-7,13,20H,2,8-11H2,1H3. The topological polar surface area (TPSA) is 82.9 Å². The van der Waals surface area contributed by atoms with E-state index in [2.05, 4.69) is 16.9 Å². The van der Waals surface area contributed by atoms with Crippen LogP contribution >= 0.6 is 0 Å². The van der Waals surface area contributed by atoms with E-state index in [1.54, 1.807) is 6.92 Å². The minimum atomic E-state index is -1.40. The summed E-state index contributed by atoms with van der Waals surface area (Å²) in [6.07, 6.45) is 2.23. The van der Waals surface area contributed by atoms with E-state index in [-0.39, 0.29) is 12.3 Å².